The van der Waals surface area contributed by atoms with Crippen LogP contribution in [0.15, 0.2) is 0 Å². The van der Waals surface area contributed by atoms with Gasteiger partial charge in [0.15, 0.2) is 0 Å². The predicted molar refractivity (Wildman–Crippen MR) is 46.5 cm³/mol. The van der Waals surface area contributed by atoms with Crippen molar-refractivity contribution in [1.29, 1.82) is 0 Å². The molecular weight excluding hydrogens is 189 g/mol. The molecule has 0 atom stereocenters. The molecule has 0 N–H and O–H groups in total. The molecule has 0 aromatic rings. The van der Waals surface area contributed by atoms with E-state index in [4.69, 9.17) is 4.74 Å². The Labute approximate surface area is 87.5 Å². The molecule has 0 spiro atoms. The van der Waals surface area contributed by atoms with Crippen LogP contribution in [0.1, 0.15) is 19.3 Å². The van der Waals surface area contributed by atoms with E-state index in [0.29, 0.717) is 0 Å². The molecule has 1 fully saturated rings. The zero-order chi connectivity index (χ0) is 7.94. The topological polar surface area (TPSA) is 12.5 Å². The van der Waals surface area contributed by atoms with E-state index in [-0.39, 0.29) is 18.6 Å². The molecule has 1 aliphatic rings. The maximum absolute atomic E-state index is 5.00. The van der Waals surface area contributed by atoms with Crippen LogP contribution in [-0.2, 0) is 23.3 Å². The van der Waals surface area contributed by atoms with E-state index in [0.717, 1.165) is 6.61 Å². The summed E-state index contributed by atoms with van der Waals surface area (Å²) in [5.41, 5.74) is 0. The molecule has 1 aliphatic heterocycles. The average molecular weight is 207 g/mol. The summed E-state index contributed by atoms with van der Waals surface area (Å²) in [7, 11) is 1.77. The molecule has 1 saturated heterocycles. The Bertz CT molecular complexity index is 94.5. The minimum Gasteiger partial charge on any atom is -0.385 e. The van der Waals surface area contributed by atoms with E-state index < -0.39 is 0 Å². The molecule has 0 bridgehead atoms. The molecule has 3 heteroatoms. The summed E-state index contributed by atoms with van der Waals surface area (Å²) in [6.07, 6.45) is 6.10. The third-order valence-corrected chi connectivity index (χ3v) is 2.12. The number of piperidine rings is 1. The summed E-state index contributed by atoms with van der Waals surface area (Å²) in [4.78, 5) is 2.51. The van der Waals surface area contributed by atoms with Crippen molar-refractivity contribution in [2.75, 3.05) is 33.4 Å². The van der Waals surface area contributed by atoms with Crippen molar-refractivity contribution >= 4 is 0 Å². The van der Waals surface area contributed by atoms with Gasteiger partial charge in [0.2, 0.25) is 0 Å². The summed E-state index contributed by atoms with van der Waals surface area (Å²) in [6, 6.07) is 0. The van der Waals surface area contributed by atoms with Crippen molar-refractivity contribution in [3.05, 3.63) is 6.42 Å². The second kappa shape index (κ2) is 8.12. The van der Waals surface area contributed by atoms with Crippen LogP contribution >= 0.6 is 0 Å². The zero-order valence-corrected chi connectivity index (χ0v) is 9.23. The van der Waals surface area contributed by atoms with Gasteiger partial charge < -0.3 is 16.1 Å². The Balaban J connectivity index is 0.00000121. The van der Waals surface area contributed by atoms with Gasteiger partial charge in [-0.15, -0.1) is 0 Å². The number of methoxy groups -OCH3 is 1. The molecule has 0 aromatic heterocycles. The second-order valence-electron chi connectivity index (χ2n) is 3.05. The Kier molecular flexibility index (Phi) is 8.46. The van der Waals surface area contributed by atoms with Crippen LogP contribution in [0.5, 0.6) is 0 Å². The quantitative estimate of drug-likeness (QED) is 0.509. The van der Waals surface area contributed by atoms with Crippen LogP contribution < -0.4 is 0 Å². The van der Waals surface area contributed by atoms with Gasteiger partial charge in [0.05, 0.1) is 0 Å². The van der Waals surface area contributed by atoms with E-state index in [2.05, 4.69) is 11.3 Å². The molecule has 1 radical (unpaired) electrons. The van der Waals surface area contributed by atoms with Gasteiger partial charge in [0, 0.05) is 38.8 Å². The molecule has 0 saturated carbocycles. The maximum Gasteiger partial charge on any atom is 0.0474 e. The Hall–Kier alpha value is 0.504. The Morgan fingerprint density at radius 1 is 1.33 bits per heavy atom. The van der Waals surface area contributed by atoms with Gasteiger partial charge in [-0.25, -0.2) is 0 Å². The predicted octanol–water partition coefficient (Wildman–Crippen LogP) is 1.32. The van der Waals surface area contributed by atoms with Gasteiger partial charge in [0.1, 0.15) is 0 Å². The van der Waals surface area contributed by atoms with Crippen molar-refractivity contribution < 1.29 is 23.3 Å². The summed E-state index contributed by atoms with van der Waals surface area (Å²) < 4.78 is 5.00. The van der Waals surface area contributed by atoms with E-state index in [9.17, 15) is 0 Å². The van der Waals surface area contributed by atoms with Gasteiger partial charge >= 0.3 is 0 Å². The first-order valence-electron chi connectivity index (χ1n) is 4.46. The van der Waals surface area contributed by atoms with Crippen LogP contribution in [0.4, 0.5) is 0 Å². The van der Waals surface area contributed by atoms with Gasteiger partial charge in [-0.05, 0) is 19.5 Å². The van der Waals surface area contributed by atoms with Gasteiger partial charge in [-0.3, -0.25) is 0 Å². The van der Waals surface area contributed by atoms with E-state index in [1.165, 1.54) is 38.9 Å². The average Bonchev–Trinajstić information content (AvgIpc) is 2.07. The van der Waals surface area contributed by atoms with Gasteiger partial charge in [0.25, 0.3) is 0 Å². The van der Waals surface area contributed by atoms with Crippen LogP contribution in [0.3, 0.4) is 0 Å². The molecule has 2 nitrogen and oxygen atoms in total. The minimum atomic E-state index is 0. The van der Waals surface area contributed by atoms with Gasteiger partial charge in [-0.2, -0.15) is 12.8 Å². The fourth-order valence-electron chi connectivity index (χ4n) is 1.46. The summed E-state index contributed by atoms with van der Waals surface area (Å²) in [5, 5.41) is 0. The fourth-order valence-corrected chi connectivity index (χ4v) is 1.46. The number of rotatable bonds is 4. The Morgan fingerprint density at radius 3 is 2.58 bits per heavy atom. The summed E-state index contributed by atoms with van der Waals surface area (Å²) >= 11 is 0. The molecular formula is C9H18NOV-. The third-order valence-electron chi connectivity index (χ3n) is 2.12. The molecule has 0 aliphatic carbocycles. The standard InChI is InChI=1S/C9H18NO.V/c1-11-9-5-8-10-6-3-2-4-7-10;/h2H,3-9H2,1H3;/q-1;. The summed E-state index contributed by atoms with van der Waals surface area (Å²) in [6.45, 7) is 4.62. The number of hydrogen-bond acceptors (Lipinski definition) is 2. The first-order chi connectivity index (χ1) is 5.43. The number of nitrogens with zero attached hydrogens (tertiary/aromatic N) is 1. The molecule has 0 aromatic carbocycles. The maximum atomic E-state index is 5.00. The Morgan fingerprint density at radius 2 is 2.00 bits per heavy atom. The number of hydrogen-bond donors (Lipinski definition) is 0. The van der Waals surface area contributed by atoms with Gasteiger partial charge in [-0.1, -0.05) is 0 Å². The molecule has 0 unspecified atom stereocenters. The van der Waals surface area contributed by atoms with Crippen LogP contribution in [0.25, 0.3) is 0 Å². The summed E-state index contributed by atoms with van der Waals surface area (Å²) in [5.74, 6) is 0. The molecule has 71 valence electrons. The van der Waals surface area contributed by atoms with Crippen LogP contribution in [-0.4, -0.2) is 38.3 Å². The molecule has 1 rings (SSSR count). The van der Waals surface area contributed by atoms with E-state index >= 15 is 0 Å². The largest absolute Gasteiger partial charge is 0.385 e. The monoisotopic (exact) mass is 207 g/mol. The third kappa shape index (κ3) is 5.20. The van der Waals surface area contributed by atoms with Crippen LogP contribution in [0, 0.1) is 6.42 Å². The molecule has 1 heterocycles. The second-order valence-corrected chi connectivity index (χ2v) is 3.05. The molecule has 12 heavy (non-hydrogen) atoms. The van der Waals surface area contributed by atoms with Crippen molar-refractivity contribution in [2.45, 2.75) is 19.3 Å². The SMILES string of the molecule is COCCCN1CC[CH-]CC1.[V]. The van der Waals surface area contributed by atoms with E-state index in [1.54, 1.807) is 7.11 Å². The minimum absolute atomic E-state index is 0. The fraction of sp³-hybridized carbons (Fsp3) is 0.889. The normalized spacial score (nSPS) is 18.8. The van der Waals surface area contributed by atoms with Crippen molar-refractivity contribution in [1.82, 2.24) is 4.90 Å². The van der Waals surface area contributed by atoms with Crippen molar-refractivity contribution in [3.63, 3.8) is 0 Å². The number of ether oxygens (including phenoxy) is 1. The number of likely N-dealkylation sites (tertiary alicyclic amines) is 1. The smallest absolute Gasteiger partial charge is 0.0474 e. The zero-order valence-electron chi connectivity index (χ0n) is 7.83. The van der Waals surface area contributed by atoms with Crippen molar-refractivity contribution in [3.8, 4) is 0 Å². The first kappa shape index (κ1) is 12.5. The van der Waals surface area contributed by atoms with Crippen LogP contribution in [0.2, 0.25) is 0 Å². The van der Waals surface area contributed by atoms with E-state index in [1.807, 2.05) is 0 Å². The van der Waals surface area contributed by atoms with Crippen molar-refractivity contribution in [2.24, 2.45) is 0 Å². The molecule has 0 amide bonds. The first-order valence-corrected chi connectivity index (χ1v) is 4.46.